The Morgan fingerprint density at radius 2 is 2.10 bits per heavy atom. The van der Waals surface area contributed by atoms with Gasteiger partial charge in [-0.25, -0.2) is 0 Å². The number of nitro benzene ring substituents is 1. The van der Waals surface area contributed by atoms with Crippen LogP contribution in [0.15, 0.2) is 18.2 Å². The van der Waals surface area contributed by atoms with Crippen molar-refractivity contribution in [3.05, 3.63) is 33.9 Å². The number of amides is 1. The Bertz CT molecular complexity index is 503. The van der Waals surface area contributed by atoms with E-state index in [-0.39, 0.29) is 17.6 Å². The second-order valence-electron chi connectivity index (χ2n) is 5.11. The Labute approximate surface area is 125 Å². The average Bonchev–Trinajstić information content (AvgIpc) is 2.46. The van der Waals surface area contributed by atoms with E-state index in [2.05, 4.69) is 17.6 Å². The molecule has 21 heavy (non-hydrogen) atoms. The van der Waals surface area contributed by atoms with Crippen LogP contribution in [0.4, 0.5) is 11.4 Å². The van der Waals surface area contributed by atoms with E-state index >= 15 is 0 Å². The third kappa shape index (κ3) is 5.06. The summed E-state index contributed by atoms with van der Waals surface area (Å²) < 4.78 is 0. The Morgan fingerprint density at radius 3 is 2.67 bits per heavy atom. The lowest BCUT2D eigenvalue weighted by molar-refractivity contribution is -0.384. The van der Waals surface area contributed by atoms with Crippen LogP contribution in [-0.4, -0.2) is 23.9 Å². The third-order valence-corrected chi connectivity index (χ3v) is 3.34. The summed E-state index contributed by atoms with van der Waals surface area (Å²) in [6.45, 7) is 4.08. The number of nitrogens with one attached hydrogen (secondary N) is 2. The van der Waals surface area contributed by atoms with Crippen molar-refractivity contribution in [3.8, 4) is 0 Å². The van der Waals surface area contributed by atoms with E-state index in [1.54, 1.807) is 19.2 Å². The molecule has 0 bridgehead atoms. The van der Waals surface area contributed by atoms with Gasteiger partial charge in [0.25, 0.3) is 11.6 Å². The monoisotopic (exact) mass is 293 g/mol. The Balaban J connectivity index is 2.74. The first-order valence-electron chi connectivity index (χ1n) is 7.26. The quantitative estimate of drug-likeness (QED) is 0.437. The maximum Gasteiger partial charge on any atom is 0.293 e. The van der Waals surface area contributed by atoms with Crippen LogP contribution in [0.25, 0.3) is 0 Å². The fourth-order valence-corrected chi connectivity index (χ4v) is 2.12. The number of unbranched alkanes of at least 4 members (excludes halogenated alkanes) is 2. The van der Waals surface area contributed by atoms with E-state index in [4.69, 9.17) is 0 Å². The first-order chi connectivity index (χ1) is 9.99. The zero-order valence-corrected chi connectivity index (χ0v) is 12.8. The highest BCUT2D eigenvalue weighted by molar-refractivity contribution is 5.95. The maximum atomic E-state index is 12.1. The van der Waals surface area contributed by atoms with Crippen LogP contribution in [0.5, 0.6) is 0 Å². The fraction of sp³-hybridized carbons (Fsp3) is 0.533. The number of nitro groups is 1. The molecule has 1 rings (SSSR count). The van der Waals surface area contributed by atoms with Crippen molar-refractivity contribution in [1.29, 1.82) is 0 Å². The van der Waals surface area contributed by atoms with Crippen molar-refractivity contribution in [1.82, 2.24) is 5.32 Å². The maximum absolute atomic E-state index is 12.1. The number of hydrogen-bond donors (Lipinski definition) is 2. The smallest absolute Gasteiger partial charge is 0.293 e. The summed E-state index contributed by atoms with van der Waals surface area (Å²) in [7, 11) is 1.61. The van der Waals surface area contributed by atoms with Gasteiger partial charge in [-0.3, -0.25) is 14.9 Å². The second kappa shape index (κ2) is 8.24. The highest BCUT2D eigenvalue weighted by atomic mass is 16.6. The second-order valence-corrected chi connectivity index (χ2v) is 5.11. The molecular formula is C15H23N3O3. The van der Waals surface area contributed by atoms with Crippen LogP contribution in [0.3, 0.4) is 0 Å². The third-order valence-electron chi connectivity index (χ3n) is 3.34. The van der Waals surface area contributed by atoms with Crippen LogP contribution in [0.1, 0.15) is 49.9 Å². The van der Waals surface area contributed by atoms with E-state index in [1.807, 2.05) is 6.92 Å². The van der Waals surface area contributed by atoms with Crippen molar-refractivity contribution >= 4 is 17.3 Å². The standard InChI is InChI=1S/C15H23N3O3/c1-4-5-6-7-11(2)17-15(19)12-8-9-13(16-3)14(10-12)18(20)21/h8-11,16H,4-7H2,1-3H3,(H,17,19). The molecule has 0 saturated heterocycles. The number of rotatable bonds is 8. The summed E-state index contributed by atoms with van der Waals surface area (Å²) in [5.74, 6) is -0.273. The summed E-state index contributed by atoms with van der Waals surface area (Å²) in [5, 5.41) is 16.6. The van der Waals surface area contributed by atoms with E-state index in [1.165, 1.54) is 6.07 Å². The minimum atomic E-state index is -0.493. The highest BCUT2D eigenvalue weighted by Gasteiger charge is 2.17. The molecule has 0 radical (unpaired) electrons. The van der Waals surface area contributed by atoms with E-state index in [0.29, 0.717) is 11.3 Å². The van der Waals surface area contributed by atoms with E-state index in [0.717, 1.165) is 25.7 Å². The average molecular weight is 293 g/mol. The minimum Gasteiger partial charge on any atom is -0.383 e. The molecule has 0 aliphatic rings. The molecule has 0 aliphatic carbocycles. The van der Waals surface area contributed by atoms with Gasteiger partial charge < -0.3 is 10.6 Å². The first-order valence-corrected chi connectivity index (χ1v) is 7.26. The molecule has 0 heterocycles. The molecule has 1 aromatic rings. The van der Waals surface area contributed by atoms with Gasteiger partial charge in [-0.2, -0.15) is 0 Å². The molecule has 0 spiro atoms. The zero-order chi connectivity index (χ0) is 15.8. The Kier molecular flexibility index (Phi) is 6.65. The van der Waals surface area contributed by atoms with Gasteiger partial charge in [0.2, 0.25) is 0 Å². The van der Waals surface area contributed by atoms with Gasteiger partial charge >= 0.3 is 0 Å². The first kappa shape index (κ1) is 16.9. The molecule has 1 atom stereocenters. The molecule has 6 heteroatoms. The molecule has 1 unspecified atom stereocenters. The summed E-state index contributed by atoms with van der Waals surface area (Å²) in [5.41, 5.74) is 0.611. The Morgan fingerprint density at radius 1 is 1.38 bits per heavy atom. The van der Waals surface area contributed by atoms with Crippen molar-refractivity contribution in [2.24, 2.45) is 0 Å². The highest BCUT2D eigenvalue weighted by Crippen LogP contribution is 2.25. The van der Waals surface area contributed by atoms with Crippen molar-refractivity contribution in [3.63, 3.8) is 0 Å². The lowest BCUT2D eigenvalue weighted by Gasteiger charge is -2.14. The van der Waals surface area contributed by atoms with Crippen molar-refractivity contribution in [2.45, 2.75) is 45.6 Å². The number of carbonyl (C=O) groups is 1. The predicted octanol–water partition coefficient (Wildman–Crippen LogP) is 3.34. The number of nitrogens with zero attached hydrogens (tertiary/aromatic N) is 1. The van der Waals surface area contributed by atoms with Gasteiger partial charge in [-0.05, 0) is 25.5 Å². The molecule has 1 aromatic carbocycles. The molecule has 6 nitrogen and oxygen atoms in total. The predicted molar refractivity (Wildman–Crippen MR) is 83.7 cm³/mol. The lowest BCUT2D eigenvalue weighted by Crippen LogP contribution is -2.32. The summed E-state index contributed by atoms with van der Waals surface area (Å²) in [4.78, 5) is 22.6. The number of benzene rings is 1. The SMILES string of the molecule is CCCCCC(C)NC(=O)c1ccc(NC)c([N+](=O)[O-])c1. The van der Waals surface area contributed by atoms with E-state index in [9.17, 15) is 14.9 Å². The molecule has 0 saturated carbocycles. The van der Waals surface area contributed by atoms with E-state index < -0.39 is 4.92 Å². The van der Waals surface area contributed by atoms with Crippen LogP contribution < -0.4 is 10.6 Å². The van der Waals surface area contributed by atoms with Crippen LogP contribution >= 0.6 is 0 Å². The molecular weight excluding hydrogens is 270 g/mol. The molecule has 0 fully saturated rings. The normalized spacial score (nSPS) is 11.8. The molecule has 2 N–H and O–H groups in total. The van der Waals surface area contributed by atoms with Gasteiger partial charge in [0.15, 0.2) is 0 Å². The minimum absolute atomic E-state index is 0.0621. The van der Waals surface area contributed by atoms with Crippen molar-refractivity contribution in [2.75, 3.05) is 12.4 Å². The molecule has 1 amide bonds. The summed E-state index contributed by atoms with van der Waals surface area (Å²) >= 11 is 0. The van der Waals surface area contributed by atoms with Crippen LogP contribution in [0, 0.1) is 10.1 Å². The van der Waals surface area contributed by atoms with Gasteiger partial charge in [0.1, 0.15) is 5.69 Å². The van der Waals surface area contributed by atoms with Crippen LogP contribution in [0.2, 0.25) is 0 Å². The topological polar surface area (TPSA) is 84.3 Å². The molecule has 0 aromatic heterocycles. The van der Waals surface area contributed by atoms with Crippen molar-refractivity contribution < 1.29 is 9.72 Å². The largest absolute Gasteiger partial charge is 0.383 e. The fourth-order valence-electron chi connectivity index (χ4n) is 2.12. The van der Waals surface area contributed by atoms with Crippen LogP contribution in [-0.2, 0) is 0 Å². The Hall–Kier alpha value is -2.11. The molecule has 0 aliphatic heterocycles. The number of carbonyl (C=O) groups excluding carboxylic acids is 1. The lowest BCUT2D eigenvalue weighted by atomic mass is 10.1. The zero-order valence-electron chi connectivity index (χ0n) is 12.8. The van der Waals surface area contributed by atoms with Gasteiger partial charge in [0, 0.05) is 24.7 Å². The number of anilines is 1. The summed E-state index contributed by atoms with van der Waals surface area (Å²) in [6, 6.07) is 4.51. The van der Waals surface area contributed by atoms with Gasteiger partial charge in [-0.1, -0.05) is 26.2 Å². The molecule has 116 valence electrons. The van der Waals surface area contributed by atoms with Gasteiger partial charge in [0.05, 0.1) is 4.92 Å². The summed E-state index contributed by atoms with van der Waals surface area (Å²) in [6.07, 6.45) is 4.26. The van der Waals surface area contributed by atoms with Gasteiger partial charge in [-0.15, -0.1) is 0 Å². The number of hydrogen-bond acceptors (Lipinski definition) is 4.